The van der Waals surface area contributed by atoms with Crippen LogP contribution in [0.2, 0.25) is 0 Å². The van der Waals surface area contributed by atoms with Crippen LogP contribution in [-0.2, 0) is 0 Å². The summed E-state index contributed by atoms with van der Waals surface area (Å²) in [6.07, 6.45) is -1.31. The van der Waals surface area contributed by atoms with Gasteiger partial charge in [-0.15, -0.1) is 13.2 Å². The quantitative estimate of drug-likeness (QED) is 0.804. The van der Waals surface area contributed by atoms with Crippen LogP contribution in [0.4, 0.5) is 13.2 Å². The monoisotopic (exact) mass is 245 g/mol. The van der Waals surface area contributed by atoms with Gasteiger partial charge in [0.05, 0.1) is 0 Å². The Morgan fingerprint density at radius 2 is 2.00 bits per heavy atom. The van der Waals surface area contributed by atoms with E-state index in [9.17, 15) is 13.2 Å². The molecule has 0 aromatic heterocycles. The molecule has 0 aliphatic rings. The van der Waals surface area contributed by atoms with Crippen molar-refractivity contribution in [2.45, 2.75) is 13.3 Å². The molecule has 0 heterocycles. The third-order valence-electron chi connectivity index (χ3n) is 1.95. The molecule has 0 fully saturated rings. The molecule has 17 heavy (non-hydrogen) atoms. The van der Waals surface area contributed by atoms with Crippen LogP contribution < -0.4 is 10.1 Å². The number of para-hydroxylation sites is 1. The second-order valence-electron chi connectivity index (χ2n) is 3.30. The molecule has 0 saturated carbocycles. The van der Waals surface area contributed by atoms with Gasteiger partial charge in [-0.25, -0.2) is 0 Å². The van der Waals surface area contributed by atoms with Crippen molar-refractivity contribution in [3.05, 3.63) is 35.9 Å². The predicted molar refractivity (Wildman–Crippen MR) is 60.7 cm³/mol. The van der Waals surface area contributed by atoms with Gasteiger partial charge in [0.15, 0.2) is 0 Å². The lowest BCUT2D eigenvalue weighted by Gasteiger charge is -2.10. The molecule has 0 radical (unpaired) electrons. The summed E-state index contributed by atoms with van der Waals surface area (Å²) >= 11 is 0. The van der Waals surface area contributed by atoms with Gasteiger partial charge < -0.3 is 10.1 Å². The molecule has 5 heteroatoms. The zero-order valence-electron chi connectivity index (χ0n) is 9.42. The van der Waals surface area contributed by atoms with E-state index in [1.165, 1.54) is 12.1 Å². The summed E-state index contributed by atoms with van der Waals surface area (Å²) in [5, 5.41) is 3.04. The largest absolute Gasteiger partial charge is 0.573 e. The SMILES string of the molecule is CCNCC=Cc1ccccc1OC(F)(F)F. The number of nitrogens with one attached hydrogen (secondary N) is 1. The van der Waals surface area contributed by atoms with Crippen molar-refractivity contribution in [1.82, 2.24) is 5.32 Å². The maximum atomic E-state index is 12.1. The van der Waals surface area contributed by atoms with E-state index in [1.807, 2.05) is 6.92 Å². The van der Waals surface area contributed by atoms with Crippen LogP contribution in [0.3, 0.4) is 0 Å². The molecule has 0 amide bonds. The van der Waals surface area contributed by atoms with Gasteiger partial charge in [0, 0.05) is 12.1 Å². The summed E-state index contributed by atoms with van der Waals surface area (Å²) < 4.78 is 40.2. The van der Waals surface area contributed by atoms with E-state index in [0.717, 1.165) is 6.54 Å². The molecule has 1 aromatic rings. The molecule has 0 saturated heterocycles. The standard InChI is InChI=1S/C12H14F3NO/c1-2-16-9-5-7-10-6-3-4-8-11(10)17-12(13,14)15/h3-8,16H,2,9H2,1H3. The molecular formula is C12H14F3NO. The Bertz CT molecular complexity index is 374. The minimum atomic E-state index is -4.66. The van der Waals surface area contributed by atoms with Gasteiger partial charge in [-0.2, -0.15) is 0 Å². The van der Waals surface area contributed by atoms with Gasteiger partial charge in [0.1, 0.15) is 5.75 Å². The second kappa shape index (κ2) is 6.30. The lowest BCUT2D eigenvalue weighted by atomic mass is 10.2. The smallest absolute Gasteiger partial charge is 0.405 e. The normalized spacial score (nSPS) is 12.0. The first-order chi connectivity index (χ1) is 8.03. The maximum absolute atomic E-state index is 12.1. The van der Waals surface area contributed by atoms with E-state index in [-0.39, 0.29) is 5.75 Å². The Morgan fingerprint density at radius 3 is 2.65 bits per heavy atom. The fourth-order valence-electron chi connectivity index (χ4n) is 1.25. The summed E-state index contributed by atoms with van der Waals surface area (Å²) in [7, 11) is 0. The predicted octanol–water partition coefficient (Wildman–Crippen LogP) is 3.21. The first-order valence-corrected chi connectivity index (χ1v) is 5.25. The highest BCUT2D eigenvalue weighted by atomic mass is 19.4. The van der Waals surface area contributed by atoms with Crippen LogP contribution in [0, 0.1) is 0 Å². The van der Waals surface area contributed by atoms with Crippen molar-refractivity contribution in [2.75, 3.05) is 13.1 Å². The van der Waals surface area contributed by atoms with E-state index in [4.69, 9.17) is 0 Å². The van der Waals surface area contributed by atoms with E-state index < -0.39 is 6.36 Å². The van der Waals surface area contributed by atoms with Crippen LogP contribution >= 0.6 is 0 Å². The van der Waals surface area contributed by atoms with Crippen LogP contribution in [0.1, 0.15) is 12.5 Å². The number of likely N-dealkylation sites (N-methyl/N-ethyl adjacent to an activating group) is 1. The molecule has 0 aliphatic carbocycles. The van der Waals surface area contributed by atoms with Crippen molar-refractivity contribution < 1.29 is 17.9 Å². The highest BCUT2D eigenvalue weighted by molar-refractivity contribution is 5.57. The van der Waals surface area contributed by atoms with Crippen molar-refractivity contribution >= 4 is 6.08 Å². The van der Waals surface area contributed by atoms with Crippen molar-refractivity contribution in [3.8, 4) is 5.75 Å². The van der Waals surface area contributed by atoms with E-state index >= 15 is 0 Å². The molecule has 94 valence electrons. The second-order valence-corrected chi connectivity index (χ2v) is 3.30. The molecule has 0 spiro atoms. The fraction of sp³-hybridized carbons (Fsp3) is 0.333. The van der Waals surface area contributed by atoms with Crippen LogP contribution in [0.15, 0.2) is 30.3 Å². The first kappa shape index (κ1) is 13.6. The number of halogens is 3. The zero-order valence-corrected chi connectivity index (χ0v) is 9.42. The molecule has 1 rings (SSSR count). The molecule has 0 atom stereocenters. The molecule has 1 N–H and O–H groups in total. The summed E-state index contributed by atoms with van der Waals surface area (Å²) in [5.41, 5.74) is 0.405. The number of rotatable bonds is 5. The van der Waals surface area contributed by atoms with Gasteiger partial charge >= 0.3 is 6.36 Å². The third kappa shape index (κ3) is 5.40. The lowest BCUT2D eigenvalue weighted by molar-refractivity contribution is -0.274. The van der Waals surface area contributed by atoms with Crippen molar-refractivity contribution in [1.29, 1.82) is 0 Å². The van der Waals surface area contributed by atoms with Crippen molar-refractivity contribution in [3.63, 3.8) is 0 Å². The summed E-state index contributed by atoms with van der Waals surface area (Å²) in [4.78, 5) is 0. The van der Waals surface area contributed by atoms with E-state index in [0.29, 0.717) is 12.1 Å². The molecule has 0 bridgehead atoms. The van der Waals surface area contributed by atoms with Crippen LogP contribution in [0.25, 0.3) is 6.08 Å². The molecular weight excluding hydrogens is 231 g/mol. The lowest BCUT2D eigenvalue weighted by Crippen LogP contribution is -2.17. The minimum absolute atomic E-state index is 0.187. The molecule has 0 unspecified atom stereocenters. The van der Waals surface area contributed by atoms with Gasteiger partial charge in [-0.05, 0) is 12.6 Å². The third-order valence-corrected chi connectivity index (χ3v) is 1.95. The number of alkyl halides is 3. The Morgan fingerprint density at radius 1 is 1.29 bits per heavy atom. The average Bonchev–Trinajstić information content (AvgIpc) is 2.24. The zero-order chi connectivity index (χ0) is 12.7. The number of ether oxygens (including phenoxy) is 1. The number of benzene rings is 1. The highest BCUT2D eigenvalue weighted by Crippen LogP contribution is 2.26. The highest BCUT2D eigenvalue weighted by Gasteiger charge is 2.31. The maximum Gasteiger partial charge on any atom is 0.573 e. The van der Waals surface area contributed by atoms with Crippen LogP contribution in [0.5, 0.6) is 5.75 Å². The van der Waals surface area contributed by atoms with Crippen molar-refractivity contribution in [2.24, 2.45) is 0 Å². The van der Waals surface area contributed by atoms with Gasteiger partial charge in [-0.1, -0.05) is 37.3 Å². The molecule has 2 nitrogen and oxygen atoms in total. The molecule has 0 aliphatic heterocycles. The average molecular weight is 245 g/mol. The van der Waals surface area contributed by atoms with Gasteiger partial charge in [0.25, 0.3) is 0 Å². The first-order valence-electron chi connectivity index (χ1n) is 5.25. The van der Waals surface area contributed by atoms with Gasteiger partial charge in [0.2, 0.25) is 0 Å². The Hall–Kier alpha value is -1.49. The molecule has 1 aromatic carbocycles. The Labute approximate surface area is 98.1 Å². The number of hydrogen-bond donors (Lipinski definition) is 1. The summed E-state index contributed by atoms with van der Waals surface area (Å²) in [6.45, 7) is 3.37. The minimum Gasteiger partial charge on any atom is -0.405 e. The topological polar surface area (TPSA) is 21.3 Å². The number of hydrogen-bond acceptors (Lipinski definition) is 2. The Balaban J connectivity index is 2.74. The van der Waals surface area contributed by atoms with E-state index in [1.54, 1.807) is 24.3 Å². The Kier molecular flexibility index (Phi) is 5.03. The summed E-state index contributed by atoms with van der Waals surface area (Å²) in [6, 6.07) is 6.03. The summed E-state index contributed by atoms with van der Waals surface area (Å²) in [5.74, 6) is -0.187. The van der Waals surface area contributed by atoms with Gasteiger partial charge in [-0.3, -0.25) is 0 Å². The fourth-order valence-corrected chi connectivity index (χ4v) is 1.25. The van der Waals surface area contributed by atoms with Crippen LogP contribution in [-0.4, -0.2) is 19.5 Å². The van der Waals surface area contributed by atoms with E-state index in [2.05, 4.69) is 10.1 Å².